The number of nitrogens with zero attached hydrogens (tertiary/aromatic N) is 1. The predicted molar refractivity (Wildman–Crippen MR) is 86.1 cm³/mol. The van der Waals surface area contributed by atoms with E-state index in [1.807, 2.05) is 0 Å². The molecule has 0 N–H and O–H groups in total. The van der Waals surface area contributed by atoms with E-state index in [2.05, 4.69) is 44.2 Å². The number of hydrogen-bond acceptors (Lipinski definition) is 2. The zero-order valence-electron chi connectivity index (χ0n) is 13.1. The van der Waals surface area contributed by atoms with Crippen LogP contribution < -0.4 is 4.74 Å². The van der Waals surface area contributed by atoms with E-state index in [-0.39, 0.29) is 0 Å². The Hall–Kier alpha value is -1.83. The van der Waals surface area contributed by atoms with E-state index in [4.69, 9.17) is 9.72 Å². The molecular formula is C19H23NO. The number of aromatic nitrogens is 1. The van der Waals surface area contributed by atoms with Crippen molar-refractivity contribution in [3.63, 3.8) is 0 Å². The minimum absolute atomic E-state index is 0.607. The van der Waals surface area contributed by atoms with E-state index in [1.54, 1.807) is 7.11 Å². The summed E-state index contributed by atoms with van der Waals surface area (Å²) in [7, 11) is 1.71. The monoisotopic (exact) mass is 281 g/mol. The van der Waals surface area contributed by atoms with Crippen LogP contribution in [0.4, 0.5) is 0 Å². The van der Waals surface area contributed by atoms with Gasteiger partial charge in [0.05, 0.1) is 7.11 Å². The van der Waals surface area contributed by atoms with Gasteiger partial charge in [0.25, 0.3) is 0 Å². The molecule has 1 heterocycles. The number of ether oxygens (including phenoxy) is 1. The molecule has 0 bridgehead atoms. The second kappa shape index (κ2) is 5.88. The summed E-state index contributed by atoms with van der Waals surface area (Å²) in [5, 5.41) is 0. The second-order valence-electron chi connectivity index (χ2n) is 6.08. The first-order valence-electron chi connectivity index (χ1n) is 7.77. The van der Waals surface area contributed by atoms with Crippen molar-refractivity contribution in [2.45, 2.75) is 45.4 Å². The lowest BCUT2D eigenvalue weighted by molar-refractivity contribution is 0.414. The maximum atomic E-state index is 5.24. The molecule has 2 heteroatoms. The summed E-state index contributed by atoms with van der Waals surface area (Å²) in [5.41, 5.74) is 6.78. The van der Waals surface area contributed by atoms with Gasteiger partial charge >= 0.3 is 0 Å². The van der Waals surface area contributed by atoms with E-state index in [1.165, 1.54) is 35.2 Å². The SMILES string of the molecule is COc1ccc(CC2CCCc3nc(C)cc(C)c32)cc1. The van der Waals surface area contributed by atoms with Gasteiger partial charge in [0.1, 0.15) is 5.75 Å². The quantitative estimate of drug-likeness (QED) is 0.833. The van der Waals surface area contributed by atoms with Crippen LogP contribution in [0.2, 0.25) is 0 Å². The first-order chi connectivity index (χ1) is 10.2. The standard InChI is InChI=1S/C19H23NO/c1-13-11-14(2)20-18-6-4-5-16(19(13)18)12-15-7-9-17(21-3)10-8-15/h7-11,16H,4-6,12H2,1-3H3. The smallest absolute Gasteiger partial charge is 0.118 e. The maximum Gasteiger partial charge on any atom is 0.118 e. The third kappa shape index (κ3) is 2.94. The lowest BCUT2D eigenvalue weighted by atomic mass is 9.79. The molecule has 1 atom stereocenters. The number of fused-ring (bicyclic) bond motifs is 1. The molecule has 1 unspecified atom stereocenters. The molecule has 0 amide bonds. The highest BCUT2D eigenvalue weighted by Crippen LogP contribution is 2.35. The zero-order chi connectivity index (χ0) is 14.8. The zero-order valence-corrected chi connectivity index (χ0v) is 13.1. The third-order valence-electron chi connectivity index (χ3n) is 4.49. The van der Waals surface area contributed by atoms with Crippen molar-refractivity contribution in [1.29, 1.82) is 0 Å². The highest BCUT2D eigenvalue weighted by molar-refractivity contribution is 5.38. The summed E-state index contributed by atoms with van der Waals surface area (Å²) in [4.78, 5) is 4.77. The molecule has 1 aliphatic carbocycles. The summed E-state index contributed by atoms with van der Waals surface area (Å²) < 4.78 is 5.24. The molecule has 0 aliphatic heterocycles. The van der Waals surface area contributed by atoms with Gasteiger partial charge < -0.3 is 4.74 Å². The third-order valence-corrected chi connectivity index (χ3v) is 4.49. The van der Waals surface area contributed by atoms with E-state index in [0.717, 1.165) is 24.3 Å². The van der Waals surface area contributed by atoms with Crippen LogP contribution in [-0.2, 0) is 12.8 Å². The molecular weight excluding hydrogens is 258 g/mol. The fourth-order valence-corrected chi connectivity index (χ4v) is 3.58. The molecule has 1 aromatic carbocycles. The van der Waals surface area contributed by atoms with Crippen LogP contribution in [0.3, 0.4) is 0 Å². The van der Waals surface area contributed by atoms with Crippen LogP contribution in [0.15, 0.2) is 30.3 Å². The second-order valence-corrected chi connectivity index (χ2v) is 6.08. The van der Waals surface area contributed by atoms with E-state index >= 15 is 0 Å². The Bertz CT molecular complexity index is 631. The molecule has 1 aliphatic rings. The Balaban J connectivity index is 1.87. The molecule has 0 saturated carbocycles. The Morgan fingerprint density at radius 2 is 1.95 bits per heavy atom. The number of pyridine rings is 1. The minimum Gasteiger partial charge on any atom is -0.497 e. The topological polar surface area (TPSA) is 22.1 Å². The normalized spacial score (nSPS) is 17.4. The highest BCUT2D eigenvalue weighted by atomic mass is 16.5. The molecule has 0 spiro atoms. The number of benzene rings is 1. The fourth-order valence-electron chi connectivity index (χ4n) is 3.58. The van der Waals surface area contributed by atoms with E-state index in [9.17, 15) is 0 Å². The lowest BCUT2D eigenvalue weighted by Gasteiger charge is -2.27. The van der Waals surface area contributed by atoms with Crippen LogP contribution in [0.5, 0.6) is 5.75 Å². The Morgan fingerprint density at radius 3 is 2.67 bits per heavy atom. The summed E-state index contributed by atoms with van der Waals surface area (Å²) in [6.45, 7) is 4.33. The van der Waals surface area contributed by atoms with E-state index in [0.29, 0.717) is 5.92 Å². The number of rotatable bonds is 3. The molecule has 0 radical (unpaired) electrons. The highest BCUT2D eigenvalue weighted by Gasteiger charge is 2.23. The summed E-state index contributed by atoms with van der Waals surface area (Å²) in [6, 6.07) is 10.7. The maximum absolute atomic E-state index is 5.24. The van der Waals surface area contributed by atoms with E-state index < -0.39 is 0 Å². The van der Waals surface area contributed by atoms with Crippen molar-refractivity contribution in [3.05, 3.63) is 58.4 Å². The average Bonchev–Trinajstić information content (AvgIpc) is 2.47. The van der Waals surface area contributed by atoms with Crippen molar-refractivity contribution in [2.75, 3.05) is 7.11 Å². The fraction of sp³-hybridized carbons (Fsp3) is 0.421. The van der Waals surface area contributed by atoms with Crippen molar-refractivity contribution in [3.8, 4) is 5.75 Å². The summed E-state index contributed by atoms with van der Waals surface area (Å²) >= 11 is 0. The largest absolute Gasteiger partial charge is 0.497 e. The van der Waals surface area contributed by atoms with Gasteiger partial charge in [-0.2, -0.15) is 0 Å². The predicted octanol–water partition coefficient (Wildman–Crippen LogP) is 4.37. The van der Waals surface area contributed by atoms with Crippen LogP contribution in [0.1, 0.15) is 46.8 Å². The van der Waals surface area contributed by atoms with Gasteiger partial charge in [-0.3, -0.25) is 4.98 Å². The van der Waals surface area contributed by atoms with Gasteiger partial charge in [0.2, 0.25) is 0 Å². The van der Waals surface area contributed by atoms with Crippen LogP contribution in [0.25, 0.3) is 0 Å². The molecule has 3 rings (SSSR count). The molecule has 1 aromatic heterocycles. The minimum atomic E-state index is 0.607. The Kier molecular flexibility index (Phi) is 3.96. The number of aryl methyl sites for hydroxylation is 3. The number of methoxy groups -OCH3 is 1. The van der Waals surface area contributed by atoms with Crippen LogP contribution >= 0.6 is 0 Å². The molecule has 0 saturated heterocycles. The van der Waals surface area contributed by atoms with Crippen LogP contribution in [-0.4, -0.2) is 12.1 Å². The molecule has 0 fully saturated rings. The first kappa shape index (κ1) is 14.1. The summed E-state index contributed by atoms with van der Waals surface area (Å²) in [5.74, 6) is 1.53. The molecule has 21 heavy (non-hydrogen) atoms. The van der Waals surface area contributed by atoms with Gasteiger partial charge in [0, 0.05) is 11.4 Å². The Labute approximate surface area is 127 Å². The van der Waals surface area contributed by atoms with Crippen molar-refractivity contribution in [2.24, 2.45) is 0 Å². The van der Waals surface area contributed by atoms with Crippen molar-refractivity contribution < 1.29 is 4.74 Å². The summed E-state index contributed by atoms with van der Waals surface area (Å²) in [6.07, 6.45) is 4.76. The van der Waals surface area contributed by atoms with Gasteiger partial charge in [-0.1, -0.05) is 12.1 Å². The molecule has 2 aromatic rings. The molecule has 2 nitrogen and oxygen atoms in total. The Morgan fingerprint density at radius 1 is 1.19 bits per heavy atom. The number of hydrogen-bond donors (Lipinski definition) is 0. The van der Waals surface area contributed by atoms with Crippen LogP contribution in [0, 0.1) is 13.8 Å². The van der Waals surface area contributed by atoms with Gasteiger partial charge in [-0.15, -0.1) is 0 Å². The van der Waals surface area contributed by atoms with Gasteiger partial charge in [-0.25, -0.2) is 0 Å². The van der Waals surface area contributed by atoms with Crippen molar-refractivity contribution >= 4 is 0 Å². The first-order valence-corrected chi connectivity index (χ1v) is 7.77. The lowest BCUT2D eigenvalue weighted by Crippen LogP contribution is -2.16. The van der Waals surface area contributed by atoms with Gasteiger partial charge in [0.15, 0.2) is 0 Å². The van der Waals surface area contributed by atoms with Gasteiger partial charge in [-0.05, 0) is 80.3 Å². The van der Waals surface area contributed by atoms with Crippen molar-refractivity contribution in [1.82, 2.24) is 4.98 Å². The average molecular weight is 281 g/mol. The molecule has 110 valence electrons.